The lowest BCUT2D eigenvalue weighted by Gasteiger charge is -2.16. The summed E-state index contributed by atoms with van der Waals surface area (Å²) in [5.41, 5.74) is 2.35. The van der Waals surface area contributed by atoms with E-state index in [0.717, 1.165) is 36.8 Å². The molecule has 0 saturated heterocycles. The lowest BCUT2D eigenvalue weighted by molar-refractivity contribution is 0.315. The van der Waals surface area contributed by atoms with Crippen molar-refractivity contribution in [3.05, 3.63) is 41.6 Å². The number of hydrogen-bond donors (Lipinski definition) is 1. The zero-order valence-corrected chi connectivity index (χ0v) is 12.3. The van der Waals surface area contributed by atoms with Gasteiger partial charge in [-0.05, 0) is 19.0 Å². The third-order valence-corrected chi connectivity index (χ3v) is 3.53. The summed E-state index contributed by atoms with van der Waals surface area (Å²) in [7, 11) is 2.11. The van der Waals surface area contributed by atoms with Crippen LogP contribution in [0.3, 0.4) is 0 Å². The van der Waals surface area contributed by atoms with Crippen molar-refractivity contribution >= 4 is 16.5 Å². The van der Waals surface area contributed by atoms with Crippen molar-refractivity contribution < 1.29 is 0 Å². The first kappa shape index (κ1) is 14.0. The Hall–Kier alpha value is -1.46. The van der Waals surface area contributed by atoms with Crippen molar-refractivity contribution in [3.8, 4) is 0 Å². The average molecular weight is 276 g/mol. The molecule has 1 aromatic heterocycles. The SMILES string of the molecule is CCCNc1snnc1CN(C)Cc1ccccc1. The Kier molecular flexibility index (Phi) is 5.30. The molecular formula is C14H20N4S. The second-order valence-corrected chi connectivity index (χ2v) is 5.39. The van der Waals surface area contributed by atoms with Crippen LogP contribution in [0.2, 0.25) is 0 Å². The number of aromatic nitrogens is 2. The zero-order valence-electron chi connectivity index (χ0n) is 11.5. The largest absolute Gasteiger partial charge is 0.374 e. The molecule has 1 N–H and O–H groups in total. The van der Waals surface area contributed by atoms with Gasteiger partial charge < -0.3 is 5.32 Å². The summed E-state index contributed by atoms with van der Waals surface area (Å²) in [5.74, 6) is 0. The molecule has 0 bridgehead atoms. The van der Waals surface area contributed by atoms with Crippen LogP contribution < -0.4 is 5.32 Å². The Bertz CT molecular complexity index is 483. The van der Waals surface area contributed by atoms with Gasteiger partial charge in [0.2, 0.25) is 0 Å². The van der Waals surface area contributed by atoms with Crippen LogP contribution in [0.4, 0.5) is 5.00 Å². The van der Waals surface area contributed by atoms with Crippen LogP contribution in [0.5, 0.6) is 0 Å². The van der Waals surface area contributed by atoms with Gasteiger partial charge in [-0.3, -0.25) is 4.90 Å². The van der Waals surface area contributed by atoms with Crippen molar-refractivity contribution in [2.75, 3.05) is 18.9 Å². The van der Waals surface area contributed by atoms with Gasteiger partial charge in [0.1, 0.15) is 10.7 Å². The van der Waals surface area contributed by atoms with Crippen LogP contribution in [0, 0.1) is 0 Å². The molecule has 4 nitrogen and oxygen atoms in total. The van der Waals surface area contributed by atoms with Gasteiger partial charge in [-0.1, -0.05) is 41.7 Å². The van der Waals surface area contributed by atoms with E-state index < -0.39 is 0 Å². The molecule has 2 aromatic rings. The predicted molar refractivity (Wildman–Crippen MR) is 80.3 cm³/mol. The summed E-state index contributed by atoms with van der Waals surface area (Å²) >= 11 is 1.44. The maximum atomic E-state index is 4.22. The van der Waals surface area contributed by atoms with E-state index in [1.165, 1.54) is 17.1 Å². The third kappa shape index (κ3) is 4.29. The van der Waals surface area contributed by atoms with E-state index in [1.807, 2.05) is 6.07 Å². The molecule has 102 valence electrons. The molecule has 1 aromatic carbocycles. The maximum Gasteiger partial charge on any atom is 0.134 e. The number of anilines is 1. The van der Waals surface area contributed by atoms with Gasteiger partial charge in [-0.15, -0.1) is 5.10 Å². The predicted octanol–water partition coefficient (Wildman–Crippen LogP) is 2.99. The quantitative estimate of drug-likeness (QED) is 0.844. The lowest BCUT2D eigenvalue weighted by atomic mass is 10.2. The summed E-state index contributed by atoms with van der Waals surface area (Å²) in [6.45, 7) is 4.87. The first-order valence-corrected chi connectivity index (χ1v) is 7.34. The van der Waals surface area contributed by atoms with Crippen molar-refractivity contribution in [1.82, 2.24) is 14.5 Å². The van der Waals surface area contributed by atoms with Crippen LogP contribution in [0.25, 0.3) is 0 Å². The number of benzene rings is 1. The minimum atomic E-state index is 0.817. The summed E-state index contributed by atoms with van der Waals surface area (Å²) in [6.07, 6.45) is 1.11. The van der Waals surface area contributed by atoms with Crippen molar-refractivity contribution in [2.24, 2.45) is 0 Å². The number of nitrogens with zero attached hydrogens (tertiary/aromatic N) is 3. The second kappa shape index (κ2) is 7.21. The first-order chi connectivity index (χ1) is 9.29. The standard InChI is InChI=1S/C14H20N4S/c1-3-9-15-14-13(16-17-19-14)11-18(2)10-12-7-5-4-6-8-12/h4-8,15H,3,9-11H2,1-2H3. The van der Waals surface area contributed by atoms with Gasteiger partial charge in [0.15, 0.2) is 0 Å². The van der Waals surface area contributed by atoms with E-state index in [1.54, 1.807) is 0 Å². The van der Waals surface area contributed by atoms with E-state index in [2.05, 4.69) is 58.0 Å². The van der Waals surface area contributed by atoms with Crippen molar-refractivity contribution in [3.63, 3.8) is 0 Å². The fourth-order valence-electron chi connectivity index (χ4n) is 1.89. The normalized spacial score (nSPS) is 10.9. The molecule has 5 heteroatoms. The van der Waals surface area contributed by atoms with E-state index in [-0.39, 0.29) is 0 Å². The Labute approximate surface area is 118 Å². The Morgan fingerprint density at radius 1 is 1.21 bits per heavy atom. The summed E-state index contributed by atoms with van der Waals surface area (Å²) in [5, 5.41) is 8.69. The van der Waals surface area contributed by atoms with Gasteiger partial charge in [0.25, 0.3) is 0 Å². The lowest BCUT2D eigenvalue weighted by Crippen LogP contribution is -2.18. The topological polar surface area (TPSA) is 41.1 Å². The highest BCUT2D eigenvalue weighted by molar-refractivity contribution is 7.10. The average Bonchev–Trinajstić information content (AvgIpc) is 2.84. The molecule has 0 spiro atoms. The second-order valence-electron chi connectivity index (χ2n) is 4.63. The van der Waals surface area contributed by atoms with Crippen LogP contribution >= 0.6 is 11.5 Å². The highest BCUT2D eigenvalue weighted by atomic mass is 32.1. The van der Waals surface area contributed by atoms with E-state index >= 15 is 0 Å². The molecule has 0 aliphatic rings. The molecule has 0 radical (unpaired) electrons. The smallest absolute Gasteiger partial charge is 0.134 e. The summed E-state index contributed by atoms with van der Waals surface area (Å²) < 4.78 is 4.04. The Morgan fingerprint density at radius 3 is 2.74 bits per heavy atom. The molecule has 0 atom stereocenters. The number of nitrogens with one attached hydrogen (secondary N) is 1. The minimum absolute atomic E-state index is 0.817. The molecule has 19 heavy (non-hydrogen) atoms. The molecule has 0 fully saturated rings. The molecule has 1 heterocycles. The van der Waals surface area contributed by atoms with Gasteiger partial charge in [0, 0.05) is 31.2 Å². The molecule has 2 rings (SSSR count). The first-order valence-electron chi connectivity index (χ1n) is 6.57. The van der Waals surface area contributed by atoms with Gasteiger partial charge >= 0.3 is 0 Å². The number of hydrogen-bond acceptors (Lipinski definition) is 5. The molecular weight excluding hydrogens is 256 g/mol. The van der Waals surface area contributed by atoms with Crippen LogP contribution in [-0.4, -0.2) is 28.1 Å². The van der Waals surface area contributed by atoms with E-state index in [0.29, 0.717) is 0 Å². The van der Waals surface area contributed by atoms with Crippen LogP contribution in [-0.2, 0) is 13.1 Å². The van der Waals surface area contributed by atoms with Gasteiger partial charge in [-0.2, -0.15) is 0 Å². The zero-order chi connectivity index (χ0) is 13.5. The Balaban J connectivity index is 1.91. The third-order valence-electron chi connectivity index (χ3n) is 2.81. The Morgan fingerprint density at radius 2 is 2.00 bits per heavy atom. The van der Waals surface area contributed by atoms with Crippen molar-refractivity contribution in [1.29, 1.82) is 0 Å². The minimum Gasteiger partial charge on any atom is -0.374 e. The fourth-order valence-corrected chi connectivity index (χ4v) is 2.49. The maximum absolute atomic E-state index is 4.22. The van der Waals surface area contributed by atoms with E-state index in [9.17, 15) is 0 Å². The molecule has 0 amide bonds. The monoisotopic (exact) mass is 276 g/mol. The molecule has 0 unspecified atom stereocenters. The van der Waals surface area contributed by atoms with Crippen molar-refractivity contribution in [2.45, 2.75) is 26.4 Å². The van der Waals surface area contributed by atoms with Gasteiger partial charge in [-0.25, -0.2) is 0 Å². The van der Waals surface area contributed by atoms with E-state index in [4.69, 9.17) is 0 Å². The summed E-state index contributed by atoms with van der Waals surface area (Å²) in [6, 6.07) is 10.5. The molecule has 0 aliphatic carbocycles. The van der Waals surface area contributed by atoms with Crippen LogP contribution in [0.1, 0.15) is 24.6 Å². The highest BCUT2D eigenvalue weighted by Crippen LogP contribution is 2.19. The van der Waals surface area contributed by atoms with Gasteiger partial charge in [0.05, 0.1) is 0 Å². The fraction of sp³-hybridized carbons (Fsp3) is 0.429. The molecule has 0 aliphatic heterocycles. The summed E-state index contributed by atoms with van der Waals surface area (Å²) in [4.78, 5) is 2.25. The van der Waals surface area contributed by atoms with Crippen LogP contribution in [0.15, 0.2) is 30.3 Å². The highest BCUT2D eigenvalue weighted by Gasteiger charge is 2.10. The number of rotatable bonds is 7. The molecule has 0 saturated carbocycles.